The van der Waals surface area contributed by atoms with Crippen molar-refractivity contribution in [3.05, 3.63) is 46.1 Å². The van der Waals surface area contributed by atoms with Gasteiger partial charge in [-0.3, -0.25) is 4.79 Å². The second-order valence-corrected chi connectivity index (χ2v) is 5.48. The summed E-state index contributed by atoms with van der Waals surface area (Å²) in [6, 6.07) is 8.53. The first kappa shape index (κ1) is 16.1. The summed E-state index contributed by atoms with van der Waals surface area (Å²) in [5, 5.41) is 3.89. The van der Waals surface area contributed by atoms with Crippen molar-refractivity contribution in [2.24, 2.45) is 5.10 Å². The van der Waals surface area contributed by atoms with Crippen LogP contribution in [0.1, 0.15) is 16.1 Å². The predicted octanol–water partition coefficient (Wildman–Crippen LogP) is 2.88. The van der Waals surface area contributed by atoms with Crippen molar-refractivity contribution in [1.82, 2.24) is 5.43 Å². The number of halogens is 1. The number of furan rings is 1. The monoisotopic (exact) mass is 365 g/mol. The number of amides is 1. The highest BCUT2D eigenvalue weighted by molar-refractivity contribution is 9.10. The van der Waals surface area contributed by atoms with Crippen LogP contribution < -0.4 is 15.1 Å². The molecule has 1 amide bonds. The number of rotatable bonds is 5. The Morgan fingerprint density at radius 3 is 2.59 bits per heavy atom. The molecule has 2 rings (SSSR count). The number of hydrogen-bond donors (Lipinski definition) is 1. The lowest BCUT2D eigenvalue weighted by atomic mass is 10.2. The van der Waals surface area contributed by atoms with Crippen molar-refractivity contribution in [2.45, 2.75) is 0 Å². The smallest absolute Gasteiger partial charge is 0.271 e. The van der Waals surface area contributed by atoms with Gasteiger partial charge in [-0.2, -0.15) is 5.10 Å². The molecule has 116 valence electrons. The standard InChI is InChI=1S/C15H16BrN3O3/c1-19(2)15-13(16)8-12(22-15)9-17-18-14(20)10-4-6-11(21-3)7-5-10/h4-9H,1-3H3,(H,18,20)/b17-9-. The van der Waals surface area contributed by atoms with E-state index in [-0.39, 0.29) is 5.91 Å². The third-order valence-corrected chi connectivity index (χ3v) is 3.37. The van der Waals surface area contributed by atoms with E-state index in [4.69, 9.17) is 9.15 Å². The molecule has 0 aliphatic rings. The summed E-state index contributed by atoms with van der Waals surface area (Å²) in [5.41, 5.74) is 2.94. The van der Waals surface area contributed by atoms with Crippen LogP contribution >= 0.6 is 15.9 Å². The molecule has 0 saturated carbocycles. The van der Waals surface area contributed by atoms with Crippen LogP contribution in [0.5, 0.6) is 5.75 Å². The second kappa shape index (κ2) is 7.13. The summed E-state index contributed by atoms with van der Waals surface area (Å²) in [4.78, 5) is 13.7. The molecule has 1 aromatic heterocycles. The molecule has 0 spiro atoms. The van der Waals surface area contributed by atoms with E-state index in [0.717, 1.165) is 4.47 Å². The summed E-state index contributed by atoms with van der Waals surface area (Å²) in [7, 11) is 5.31. The fraction of sp³-hybridized carbons (Fsp3) is 0.200. The zero-order valence-electron chi connectivity index (χ0n) is 12.5. The lowest BCUT2D eigenvalue weighted by Gasteiger charge is -2.07. The Kier molecular flexibility index (Phi) is 5.21. The van der Waals surface area contributed by atoms with Gasteiger partial charge in [-0.05, 0) is 40.2 Å². The van der Waals surface area contributed by atoms with Crippen molar-refractivity contribution in [1.29, 1.82) is 0 Å². The lowest BCUT2D eigenvalue weighted by molar-refractivity contribution is 0.0955. The quantitative estimate of drug-likeness (QED) is 0.653. The van der Waals surface area contributed by atoms with Crippen LogP contribution in [0.15, 0.2) is 44.3 Å². The van der Waals surface area contributed by atoms with Gasteiger partial charge in [-0.25, -0.2) is 5.43 Å². The molecule has 2 aromatic rings. The van der Waals surface area contributed by atoms with E-state index in [1.165, 1.54) is 6.21 Å². The SMILES string of the molecule is COc1ccc(C(=O)N/N=C\c2cc(Br)c(N(C)C)o2)cc1. The van der Waals surface area contributed by atoms with Crippen molar-refractivity contribution in [3.8, 4) is 5.75 Å². The zero-order chi connectivity index (χ0) is 16.1. The van der Waals surface area contributed by atoms with Crippen LogP contribution in [0.25, 0.3) is 0 Å². The number of ether oxygens (including phenoxy) is 1. The molecule has 22 heavy (non-hydrogen) atoms. The van der Waals surface area contributed by atoms with Crippen molar-refractivity contribution >= 4 is 33.9 Å². The topological polar surface area (TPSA) is 67.1 Å². The van der Waals surface area contributed by atoms with Crippen molar-refractivity contribution in [3.63, 3.8) is 0 Å². The van der Waals surface area contributed by atoms with E-state index >= 15 is 0 Å². The minimum absolute atomic E-state index is 0.308. The maximum absolute atomic E-state index is 11.9. The highest BCUT2D eigenvalue weighted by Crippen LogP contribution is 2.27. The van der Waals surface area contributed by atoms with E-state index in [1.54, 1.807) is 37.4 Å². The highest BCUT2D eigenvalue weighted by atomic mass is 79.9. The maximum atomic E-state index is 11.9. The number of methoxy groups -OCH3 is 1. The Hall–Kier alpha value is -2.28. The Morgan fingerprint density at radius 1 is 1.36 bits per heavy atom. The number of carbonyl (C=O) groups is 1. The van der Waals surface area contributed by atoms with Gasteiger partial charge in [0.05, 0.1) is 17.8 Å². The molecule has 7 heteroatoms. The van der Waals surface area contributed by atoms with Gasteiger partial charge in [-0.1, -0.05) is 0 Å². The van der Waals surface area contributed by atoms with Gasteiger partial charge in [-0.15, -0.1) is 0 Å². The number of nitrogens with zero attached hydrogens (tertiary/aromatic N) is 2. The van der Waals surface area contributed by atoms with Gasteiger partial charge >= 0.3 is 0 Å². The van der Waals surface area contributed by atoms with E-state index in [0.29, 0.717) is 23.0 Å². The van der Waals surface area contributed by atoms with Crippen molar-refractivity contribution < 1.29 is 13.9 Å². The van der Waals surface area contributed by atoms with Gasteiger partial charge in [0.25, 0.3) is 5.91 Å². The van der Waals surface area contributed by atoms with Crippen LogP contribution in [-0.4, -0.2) is 33.3 Å². The molecule has 0 aliphatic carbocycles. The number of benzene rings is 1. The Morgan fingerprint density at radius 2 is 2.05 bits per heavy atom. The maximum Gasteiger partial charge on any atom is 0.271 e. The molecule has 0 atom stereocenters. The predicted molar refractivity (Wildman–Crippen MR) is 88.8 cm³/mol. The summed E-state index contributed by atoms with van der Waals surface area (Å²) < 4.78 is 11.4. The normalized spacial score (nSPS) is 10.7. The molecular formula is C15H16BrN3O3. The summed E-state index contributed by atoms with van der Waals surface area (Å²) in [6.07, 6.45) is 1.44. The molecule has 0 saturated heterocycles. The summed E-state index contributed by atoms with van der Waals surface area (Å²) >= 11 is 3.39. The Labute approximate surface area is 136 Å². The number of carbonyl (C=O) groups excluding carboxylic acids is 1. The lowest BCUT2D eigenvalue weighted by Crippen LogP contribution is -2.17. The van der Waals surface area contributed by atoms with E-state index < -0.39 is 0 Å². The van der Waals surface area contributed by atoms with Crippen LogP contribution in [0.4, 0.5) is 5.88 Å². The highest BCUT2D eigenvalue weighted by Gasteiger charge is 2.09. The molecule has 0 unspecified atom stereocenters. The fourth-order valence-electron chi connectivity index (χ4n) is 1.71. The third-order valence-electron chi connectivity index (χ3n) is 2.80. The largest absolute Gasteiger partial charge is 0.497 e. The summed E-state index contributed by atoms with van der Waals surface area (Å²) in [5.74, 6) is 1.60. The van der Waals surface area contributed by atoms with Crippen molar-refractivity contribution in [2.75, 3.05) is 26.1 Å². The molecule has 0 aliphatic heterocycles. The average molecular weight is 366 g/mol. The average Bonchev–Trinajstić information content (AvgIpc) is 2.88. The van der Waals surface area contributed by atoms with Gasteiger partial charge < -0.3 is 14.1 Å². The fourth-order valence-corrected chi connectivity index (χ4v) is 2.37. The first-order valence-electron chi connectivity index (χ1n) is 6.45. The molecule has 0 bridgehead atoms. The third kappa shape index (κ3) is 3.88. The van der Waals surface area contributed by atoms with Gasteiger partial charge in [0.15, 0.2) is 5.76 Å². The zero-order valence-corrected chi connectivity index (χ0v) is 14.0. The number of anilines is 1. The van der Waals surface area contributed by atoms with Crippen LogP contribution in [0.3, 0.4) is 0 Å². The van der Waals surface area contributed by atoms with Crippen LogP contribution in [0.2, 0.25) is 0 Å². The van der Waals surface area contributed by atoms with Gasteiger partial charge in [0.1, 0.15) is 5.75 Å². The molecule has 0 radical (unpaired) electrons. The van der Waals surface area contributed by atoms with Gasteiger partial charge in [0, 0.05) is 25.7 Å². The Balaban J connectivity index is 1.99. The first-order valence-corrected chi connectivity index (χ1v) is 7.24. The molecule has 1 N–H and O–H groups in total. The molecule has 0 fully saturated rings. The van der Waals surface area contributed by atoms with E-state index in [9.17, 15) is 4.79 Å². The number of nitrogens with one attached hydrogen (secondary N) is 1. The minimum atomic E-state index is -0.308. The Bertz CT molecular complexity index is 678. The molecule has 6 nitrogen and oxygen atoms in total. The first-order chi connectivity index (χ1) is 10.5. The minimum Gasteiger partial charge on any atom is -0.497 e. The van der Waals surface area contributed by atoms with Gasteiger partial charge in [0.2, 0.25) is 5.88 Å². The second-order valence-electron chi connectivity index (χ2n) is 4.62. The molecular weight excluding hydrogens is 350 g/mol. The summed E-state index contributed by atoms with van der Waals surface area (Å²) in [6.45, 7) is 0. The van der Waals surface area contributed by atoms with E-state index in [1.807, 2.05) is 19.0 Å². The molecule has 1 aromatic carbocycles. The number of hydrazone groups is 1. The van der Waals surface area contributed by atoms with Crippen LogP contribution in [0, 0.1) is 0 Å². The van der Waals surface area contributed by atoms with E-state index in [2.05, 4.69) is 26.5 Å². The number of hydrogen-bond acceptors (Lipinski definition) is 5. The van der Waals surface area contributed by atoms with Crippen LogP contribution in [-0.2, 0) is 0 Å². The molecule has 1 heterocycles.